The number of hydrogen-bond acceptors (Lipinski definition) is 2. The van der Waals surface area contributed by atoms with Gasteiger partial charge in [0.15, 0.2) is 17.5 Å². The van der Waals surface area contributed by atoms with E-state index < -0.39 is 5.92 Å². The van der Waals surface area contributed by atoms with Crippen molar-refractivity contribution in [3.8, 4) is 11.1 Å². The monoisotopic (exact) mass is 859 g/mol. The third-order valence-electron chi connectivity index (χ3n) is 11.0. The maximum atomic E-state index is 9.09. The van der Waals surface area contributed by atoms with E-state index in [9.17, 15) is 0 Å². The Morgan fingerprint density at radius 2 is 1.03 bits per heavy atom. The Bertz CT molecular complexity index is 2850. The van der Waals surface area contributed by atoms with Crippen molar-refractivity contribution in [3.63, 3.8) is 0 Å². The molecule has 1 atom stereocenters. The van der Waals surface area contributed by atoms with Gasteiger partial charge in [0.2, 0.25) is 0 Å². The van der Waals surface area contributed by atoms with Crippen LogP contribution in [0, 0.1) is 11.3 Å². The van der Waals surface area contributed by atoms with Gasteiger partial charge in [0.05, 0.1) is 11.6 Å². The van der Waals surface area contributed by atoms with Crippen LogP contribution >= 0.6 is 0 Å². The molecule has 6 aromatic carbocycles. The quantitative estimate of drug-likeness (QED) is 0.0572. The number of hydrogen-bond donors (Lipinski definition) is 1. The summed E-state index contributed by atoms with van der Waals surface area (Å²) >= 11 is 0. The Morgan fingerprint density at radius 1 is 0.545 bits per heavy atom. The van der Waals surface area contributed by atoms with Gasteiger partial charge in [0.1, 0.15) is 0 Å². The third-order valence-corrected chi connectivity index (χ3v) is 11.0. The molecule has 0 spiro atoms. The summed E-state index contributed by atoms with van der Waals surface area (Å²) in [7, 11) is 0. The predicted molar refractivity (Wildman–Crippen MR) is 286 cm³/mol. The average molecular weight is 860 g/mol. The molecule has 0 bridgehead atoms. The first kappa shape index (κ1) is 47.3. The highest BCUT2D eigenvalue weighted by Gasteiger charge is 2.16. The van der Waals surface area contributed by atoms with Crippen LogP contribution in [0.4, 0.5) is 0 Å². The van der Waals surface area contributed by atoms with E-state index in [4.69, 9.17) is 25.4 Å². The first-order valence-electron chi connectivity index (χ1n) is 22.3. The summed E-state index contributed by atoms with van der Waals surface area (Å²) in [5.41, 5.74) is 12.7. The Hall–Kier alpha value is -8.15. The first-order chi connectivity index (χ1) is 32.3. The fourth-order valence-corrected chi connectivity index (χ4v) is 7.20. The number of amidine groups is 3. The molecule has 6 rings (SSSR count). The molecular weight excluding hydrogens is 803 g/mol. The van der Waals surface area contributed by atoms with E-state index >= 15 is 0 Å². The zero-order valence-electron chi connectivity index (χ0n) is 38.3. The largest absolute Gasteiger partial charge is 0.282 e. The van der Waals surface area contributed by atoms with Gasteiger partial charge in [-0.05, 0) is 71.7 Å². The summed E-state index contributed by atoms with van der Waals surface area (Å²) in [6.45, 7) is 16.3. The number of nitrogens with one attached hydrogen (secondary N) is 1. The van der Waals surface area contributed by atoms with Crippen molar-refractivity contribution >= 4 is 46.8 Å². The number of benzene rings is 6. The minimum Gasteiger partial charge on any atom is -0.282 e. The molecule has 66 heavy (non-hydrogen) atoms. The molecule has 0 fully saturated rings. The van der Waals surface area contributed by atoms with Gasteiger partial charge in [-0.25, -0.2) is 20.0 Å². The lowest BCUT2D eigenvalue weighted by atomic mass is 9.92. The molecule has 6 aromatic rings. The van der Waals surface area contributed by atoms with E-state index in [-0.39, 0.29) is 5.84 Å². The van der Waals surface area contributed by atoms with Crippen molar-refractivity contribution in [1.82, 2.24) is 0 Å². The van der Waals surface area contributed by atoms with E-state index in [1.165, 1.54) is 0 Å². The second kappa shape index (κ2) is 24.6. The minimum absolute atomic E-state index is 0.0980. The normalized spacial score (nSPS) is 13.8. The zero-order valence-corrected chi connectivity index (χ0v) is 38.3. The average Bonchev–Trinajstić information content (AvgIpc) is 3.38. The van der Waals surface area contributed by atoms with Gasteiger partial charge < -0.3 is 0 Å². The summed E-state index contributed by atoms with van der Waals surface area (Å²) in [5, 5.41) is 9.09. The molecular formula is C61H57N5. The van der Waals surface area contributed by atoms with Gasteiger partial charge in [0.25, 0.3) is 0 Å². The van der Waals surface area contributed by atoms with Gasteiger partial charge in [-0.2, -0.15) is 0 Å². The third kappa shape index (κ3) is 13.0. The van der Waals surface area contributed by atoms with Crippen LogP contribution in [0.25, 0.3) is 28.0 Å². The van der Waals surface area contributed by atoms with Crippen LogP contribution in [-0.4, -0.2) is 29.9 Å². The molecule has 0 saturated heterocycles. The topological polar surface area (TPSA) is 73.3 Å². The van der Waals surface area contributed by atoms with E-state index in [0.717, 1.165) is 73.4 Å². The molecule has 0 radical (unpaired) electrons. The molecule has 0 heterocycles. The van der Waals surface area contributed by atoms with Crippen molar-refractivity contribution in [3.05, 3.63) is 270 Å². The number of rotatable bonds is 16. The highest BCUT2D eigenvalue weighted by molar-refractivity contribution is 6.14. The minimum atomic E-state index is -0.487. The Kier molecular flexibility index (Phi) is 17.7. The zero-order chi connectivity index (χ0) is 46.5. The molecule has 0 aromatic heterocycles. The predicted octanol–water partition coefficient (Wildman–Crippen LogP) is 15.5. The van der Waals surface area contributed by atoms with Crippen LogP contribution in [0.1, 0.15) is 67.5 Å². The lowest BCUT2D eigenvalue weighted by Gasteiger charge is -2.15. The van der Waals surface area contributed by atoms with Crippen LogP contribution in [0.15, 0.2) is 257 Å². The molecule has 0 aliphatic carbocycles. The lowest BCUT2D eigenvalue weighted by molar-refractivity contribution is 1.09. The molecule has 5 nitrogen and oxygen atoms in total. The van der Waals surface area contributed by atoms with Gasteiger partial charge in [0, 0.05) is 34.7 Å². The Labute approximate surface area is 391 Å². The fourth-order valence-electron chi connectivity index (χ4n) is 7.20. The van der Waals surface area contributed by atoms with Crippen LogP contribution < -0.4 is 0 Å². The van der Waals surface area contributed by atoms with Gasteiger partial charge in [-0.1, -0.05) is 232 Å². The Morgan fingerprint density at radius 3 is 1.56 bits per heavy atom. The standard InChI is InChI=1S/C61H57N5/c1-7-11-34-57(46(6)47-26-16-12-17-27-47)56(44-64-61(66-59(62)53-32-22-15-23-33-53)55-41-35-50(36-42-55)48(24-8-2)25-9-3)43-63-60(65-58(45(5)10-4)52-30-20-14-21-31-52)54-39-37-51(38-40-54)49-28-18-13-19-29-49/h7-9,11-44,56,62H,1-2,10H2,3-6H3/b25-9-,34-11-,48-24+,57-46-,58-45?,62-59?,63-43?,64-44?,65-60?,66-61?. The summed E-state index contributed by atoms with van der Waals surface area (Å²) < 4.78 is 0. The SMILES string of the molecule is C=C/C=C\C(=C(/C)c1ccccc1)C(C=NC(=NC(=N)c1ccccc1)c1ccc(C(/C=C\C)=C/C=C)cc1)C=NC(=NC(=C(C)CC)c1ccccc1)c1ccc(-c2ccccc2)cc1. The van der Waals surface area contributed by atoms with Crippen LogP contribution in [-0.2, 0) is 0 Å². The van der Waals surface area contributed by atoms with Crippen molar-refractivity contribution in [2.45, 2.75) is 34.1 Å². The number of nitrogens with zero attached hydrogens (tertiary/aromatic N) is 4. The fraction of sp³-hybridized carbons (Fsp3) is 0.0984. The van der Waals surface area contributed by atoms with Crippen molar-refractivity contribution < 1.29 is 0 Å². The van der Waals surface area contributed by atoms with Crippen LogP contribution in [0.3, 0.4) is 0 Å². The van der Waals surface area contributed by atoms with Gasteiger partial charge >= 0.3 is 0 Å². The number of allylic oxidation sites excluding steroid dienone is 11. The molecule has 0 aliphatic rings. The molecule has 1 unspecified atom stereocenters. The van der Waals surface area contributed by atoms with E-state index in [0.29, 0.717) is 17.2 Å². The summed E-state index contributed by atoms with van der Waals surface area (Å²) in [4.78, 5) is 20.7. The van der Waals surface area contributed by atoms with Crippen LogP contribution in [0.5, 0.6) is 0 Å². The second-order valence-corrected chi connectivity index (χ2v) is 15.4. The van der Waals surface area contributed by atoms with E-state index in [1.54, 1.807) is 12.2 Å². The highest BCUT2D eigenvalue weighted by atomic mass is 15.0. The summed E-state index contributed by atoms with van der Waals surface area (Å²) in [5.74, 6) is 0.556. The Balaban J connectivity index is 1.57. The maximum absolute atomic E-state index is 9.09. The van der Waals surface area contributed by atoms with E-state index in [2.05, 4.69) is 107 Å². The molecule has 0 aliphatic heterocycles. The van der Waals surface area contributed by atoms with Gasteiger partial charge in [-0.15, -0.1) is 0 Å². The highest BCUT2D eigenvalue weighted by Crippen LogP contribution is 2.28. The molecule has 0 amide bonds. The van der Waals surface area contributed by atoms with Crippen molar-refractivity contribution in [1.29, 1.82) is 5.41 Å². The summed E-state index contributed by atoms with van der Waals surface area (Å²) in [6, 6.07) is 56.9. The molecule has 326 valence electrons. The van der Waals surface area contributed by atoms with Gasteiger partial charge in [-0.3, -0.25) is 5.41 Å². The smallest absolute Gasteiger partial charge is 0.161 e. The first-order valence-corrected chi connectivity index (χ1v) is 22.3. The van der Waals surface area contributed by atoms with Crippen LogP contribution in [0.2, 0.25) is 0 Å². The maximum Gasteiger partial charge on any atom is 0.161 e. The number of aliphatic imine (C=N–C) groups is 4. The molecule has 5 heteroatoms. The molecule has 0 saturated carbocycles. The molecule has 1 N–H and O–H groups in total. The summed E-state index contributed by atoms with van der Waals surface area (Å²) in [6.07, 6.45) is 18.2. The second-order valence-electron chi connectivity index (χ2n) is 15.4. The lowest BCUT2D eigenvalue weighted by Crippen LogP contribution is -2.13. The van der Waals surface area contributed by atoms with Crippen molar-refractivity contribution in [2.75, 3.05) is 0 Å². The van der Waals surface area contributed by atoms with E-state index in [1.807, 2.05) is 147 Å². The van der Waals surface area contributed by atoms with Crippen molar-refractivity contribution in [2.24, 2.45) is 25.9 Å².